The van der Waals surface area contributed by atoms with Crippen LogP contribution in [0, 0.1) is 6.92 Å². The van der Waals surface area contributed by atoms with E-state index in [0.29, 0.717) is 16.2 Å². The van der Waals surface area contributed by atoms with Gasteiger partial charge in [0.15, 0.2) is 17.4 Å². The van der Waals surface area contributed by atoms with Crippen LogP contribution in [0.2, 0.25) is 0 Å². The van der Waals surface area contributed by atoms with Gasteiger partial charge in [0.1, 0.15) is 0 Å². The molecule has 0 saturated heterocycles. The van der Waals surface area contributed by atoms with Gasteiger partial charge in [-0.1, -0.05) is 64.0 Å². The first-order valence-electron chi connectivity index (χ1n) is 8.06. The number of halogens is 1. The molecule has 1 aromatic heterocycles. The summed E-state index contributed by atoms with van der Waals surface area (Å²) in [6, 6.07) is 20.8. The Hall–Kier alpha value is -2.50. The molecule has 0 unspecified atom stereocenters. The van der Waals surface area contributed by atoms with Crippen LogP contribution in [-0.2, 0) is 0 Å². The van der Waals surface area contributed by atoms with E-state index in [2.05, 4.69) is 21.2 Å². The molecule has 0 bridgehead atoms. The average Bonchev–Trinajstić information content (AvgIpc) is 2.65. The van der Waals surface area contributed by atoms with E-state index in [1.807, 2.05) is 73.9 Å². The number of rotatable bonds is 4. The van der Waals surface area contributed by atoms with Crippen molar-refractivity contribution in [1.82, 2.24) is 0 Å². The predicted octanol–water partition coefficient (Wildman–Crippen LogP) is 4.17. The Kier molecular flexibility index (Phi) is 5.81. The Balaban J connectivity index is 2.03. The van der Waals surface area contributed by atoms with E-state index in [4.69, 9.17) is 12.2 Å². The van der Waals surface area contributed by atoms with Crippen LogP contribution in [-0.4, -0.2) is 4.99 Å². The van der Waals surface area contributed by atoms with Gasteiger partial charge in [-0.3, -0.25) is 0 Å². The second-order valence-electron chi connectivity index (χ2n) is 5.79. The van der Waals surface area contributed by atoms with E-state index in [-0.39, 0.29) is 5.76 Å². The van der Waals surface area contributed by atoms with Crippen molar-refractivity contribution in [2.24, 2.45) is 0 Å². The topological polar surface area (TPSA) is 39.0 Å². The largest absolute Gasteiger partial charge is 0.867 e. The zero-order chi connectivity index (χ0) is 18.5. The summed E-state index contributed by atoms with van der Waals surface area (Å²) in [6.07, 6.45) is 3.63. The molecule has 2 aromatic carbocycles. The zero-order valence-electron chi connectivity index (χ0n) is 14.1. The number of hydrogen-bond donors (Lipinski definition) is 1. The highest BCUT2D eigenvalue weighted by molar-refractivity contribution is 9.10. The summed E-state index contributed by atoms with van der Waals surface area (Å²) in [5, 5.41) is 16.3. The lowest BCUT2D eigenvalue weighted by Gasteiger charge is -2.17. The third-order valence-corrected chi connectivity index (χ3v) is 4.64. The molecule has 0 aliphatic rings. The molecular weight excluding hydrogens is 408 g/mol. The number of aryl methyl sites for hydroxylation is 1. The van der Waals surface area contributed by atoms with Crippen LogP contribution in [0.5, 0.6) is 0 Å². The van der Waals surface area contributed by atoms with Crippen molar-refractivity contribution in [2.45, 2.75) is 6.92 Å². The minimum Gasteiger partial charge on any atom is -0.867 e. The van der Waals surface area contributed by atoms with Gasteiger partial charge in [0.25, 0.3) is 0 Å². The van der Waals surface area contributed by atoms with Crippen molar-refractivity contribution in [3.05, 3.63) is 94.7 Å². The van der Waals surface area contributed by atoms with Gasteiger partial charge in [0.05, 0.1) is 0 Å². The van der Waals surface area contributed by atoms with Gasteiger partial charge in [-0.15, -0.1) is 0 Å². The third-order valence-electron chi connectivity index (χ3n) is 3.82. The molecule has 3 rings (SSSR count). The first-order chi connectivity index (χ1) is 12.5. The van der Waals surface area contributed by atoms with E-state index in [0.717, 1.165) is 15.7 Å². The summed E-state index contributed by atoms with van der Waals surface area (Å²) < 4.78 is 2.66. The minimum atomic E-state index is -0.140. The molecule has 0 radical (unpaired) electrons. The van der Waals surface area contributed by atoms with Gasteiger partial charge in [-0.25, -0.2) is 0 Å². The Bertz CT molecular complexity index is 936. The van der Waals surface area contributed by atoms with E-state index >= 15 is 0 Å². The standard InChI is InChI=1S/C21H17BrN2OS/c1-15-5-11-18(12-6-15)23-21(26)19(24-13-3-2-4-14-24)20(25)16-7-9-17(22)10-8-16/h2-14H,1H3,(H-,23,25,26). The van der Waals surface area contributed by atoms with Crippen LogP contribution in [0.15, 0.2) is 83.6 Å². The van der Waals surface area contributed by atoms with E-state index in [1.165, 1.54) is 0 Å². The lowest BCUT2D eigenvalue weighted by molar-refractivity contribution is -0.577. The smallest absolute Gasteiger partial charge is 0.238 e. The van der Waals surface area contributed by atoms with Crippen LogP contribution in [0.4, 0.5) is 5.69 Å². The highest BCUT2D eigenvalue weighted by atomic mass is 79.9. The summed E-state index contributed by atoms with van der Waals surface area (Å²) in [5.41, 5.74) is 2.99. The molecule has 0 aliphatic carbocycles. The van der Waals surface area contributed by atoms with E-state index in [9.17, 15) is 5.11 Å². The maximum Gasteiger partial charge on any atom is 0.238 e. The SMILES string of the molecule is Cc1ccc(NC(=S)/C(=C(\[O-])c2ccc(Br)cc2)[n+]2ccccc2)cc1. The first kappa shape index (κ1) is 18.3. The fourth-order valence-electron chi connectivity index (χ4n) is 2.45. The molecule has 0 aliphatic heterocycles. The monoisotopic (exact) mass is 424 g/mol. The molecule has 3 aromatic rings. The number of aromatic nitrogens is 1. The highest BCUT2D eigenvalue weighted by Gasteiger charge is 2.18. The first-order valence-corrected chi connectivity index (χ1v) is 9.26. The van der Waals surface area contributed by atoms with Crippen LogP contribution in [0.25, 0.3) is 11.5 Å². The number of nitrogens with one attached hydrogen (secondary N) is 1. The van der Waals surface area contributed by atoms with Crippen LogP contribution in [0.1, 0.15) is 11.1 Å². The zero-order valence-corrected chi connectivity index (χ0v) is 16.5. The molecule has 0 amide bonds. The van der Waals surface area contributed by atoms with Crippen molar-refractivity contribution < 1.29 is 9.67 Å². The molecule has 1 N–H and O–H groups in total. The average molecular weight is 425 g/mol. The molecule has 3 nitrogen and oxygen atoms in total. The summed E-state index contributed by atoms with van der Waals surface area (Å²) >= 11 is 8.97. The van der Waals surface area contributed by atoms with E-state index < -0.39 is 0 Å². The number of hydrogen-bond acceptors (Lipinski definition) is 2. The van der Waals surface area contributed by atoms with Crippen molar-refractivity contribution in [1.29, 1.82) is 0 Å². The second-order valence-corrected chi connectivity index (χ2v) is 7.11. The van der Waals surface area contributed by atoms with Gasteiger partial charge in [0.2, 0.25) is 5.70 Å². The normalized spacial score (nSPS) is 11.6. The number of pyridine rings is 1. The molecule has 1 heterocycles. The van der Waals surface area contributed by atoms with Gasteiger partial charge >= 0.3 is 0 Å². The Morgan fingerprint density at radius 2 is 1.58 bits per heavy atom. The van der Waals surface area contributed by atoms with Crippen molar-refractivity contribution in [2.75, 3.05) is 5.32 Å². The van der Waals surface area contributed by atoms with Gasteiger partial charge in [-0.05, 0) is 42.5 Å². The summed E-state index contributed by atoms with van der Waals surface area (Å²) in [5.74, 6) is -0.140. The van der Waals surface area contributed by atoms with E-state index in [1.54, 1.807) is 16.7 Å². The van der Waals surface area contributed by atoms with Crippen LogP contribution < -0.4 is 15.0 Å². The Morgan fingerprint density at radius 1 is 0.962 bits per heavy atom. The fraction of sp³-hybridized carbons (Fsp3) is 0.0476. The predicted molar refractivity (Wildman–Crippen MR) is 111 cm³/mol. The molecule has 0 saturated carbocycles. The number of nitrogens with zero attached hydrogens (tertiary/aromatic N) is 1. The van der Waals surface area contributed by atoms with Crippen molar-refractivity contribution >= 4 is 50.3 Å². The van der Waals surface area contributed by atoms with Crippen molar-refractivity contribution in [3.8, 4) is 0 Å². The Morgan fingerprint density at radius 3 is 2.19 bits per heavy atom. The lowest BCUT2D eigenvalue weighted by Crippen LogP contribution is -2.39. The van der Waals surface area contributed by atoms with Crippen molar-refractivity contribution in [3.63, 3.8) is 0 Å². The summed E-state index contributed by atoms with van der Waals surface area (Å²) in [4.78, 5) is 0.373. The van der Waals surface area contributed by atoms with Gasteiger partial charge in [-0.2, -0.15) is 4.57 Å². The number of thiocarbonyl (C=S) groups is 1. The molecule has 130 valence electrons. The maximum absolute atomic E-state index is 13.1. The quantitative estimate of drug-likeness (QED) is 0.295. The molecule has 0 atom stereocenters. The molecule has 5 heteroatoms. The molecular formula is C21H17BrN2OS. The lowest BCUT2D eigenvalue weighted by atomic mass is 10.1. The maximum atomic E-state index is 13.1. The fourth-order valence-corrected chi connectivity index (χ4v) is 3.03. The highest BCUT2D eigenvalue weighted by Crippen LogP contribution is 2.19. The van der Waals surface area contributed by atoms with Gasteiger partial charge < -0.3 is 10.4 Å². The summed E-state index contributed by atoms with van der Waals surface area (Å²) in [6.45, 7) is 2.02. The number of anilines is 1. The molecule has 0 fully saturated rings. The molecule has 26 heavy (non-hydrogen) atoms. The van der Waals surface area contributed by atoms with Crippen LogP contribution in [0.3, 0.4) is 0 Å². The minimum absolute atomic E-state index is 0.140. The van der Waals surface area contributed by atoms with Gasteiger partial charge in [0, 0.05) is 22.3 Å². The third kappa shape index (κ3) is 4.36. The number of benzene rings is 2. The Labute approximate surface area is 166 Å². The summed E-state index contributed by atoms with van der Waals surface area (Å²) in [7, 11) is 0. The second kappa shape index (κ2) is 8.25. The molecule has 0 spiro atoms. The van der Waals surface area contributed by atoms with Crippen LogP contribution >= 0.6 is 28.1 Å².